The number of methoxy groups -OCH3 is 2. The number of rotatable bonds is 5. The molecule has 0 amide bonds. The maximum atomic E-state index is 13.8. The summed E-state index contributed by atoms with van der Waals surface area (Å²) in [7, 11) is 3.00. The van der Waals surface area contributed by atoms with Gasteiger partial charge in [-0.15, -0.1) is 0 Å². The van der Waals surface area contributed by atoms with E-state index in [0.29, 0.717) is 11.6 Å². The molecule has 4 nitrogen and oxygen atoms in total. The van der Waals surface area contributed by atoms with E-state index in [1.807, 2.05) is 0 Å². The van der Waals surface area contributed by atoms with Crippen molar-refractivity contribution in [1.82, 2.24) is 4.98 Å². The number of hydrogen-bond donors (Lipinski definition) is 1. The monoisotopic (exact) mass is 277 g/mol. The van der Waals surface area contributed by atoms with Crippen LogP contribution in [0.25, 0.3) is 0 Å². The Bertz CT molecular complexity index is 572. The molecule has 0 radical (unpaired) electrons. The van der Waals surface area contributed by atoms with Crippen LogP contribution in [0.5, 0.6) is 11.6 Å². The van der Waals surface area contributed by atoms with Crippen LogP contribution in [0.3, 0.4) is 0 Å². The van der Waals surface area contributed by atoms with Crippen LogP contribution in [0.1, 0.15) is 17.2 Å². The zero-order valence-corrected chi connectivity index (χ0v) is 11.3. The summed E-state index contributed by atoms with van der Waals surface area (Å²) in [6, 6.07) is 7.89. The first kappa shape index (κ1) is 14.3. The first-order valence-electron chi connectivity index (χ1n) is 6.14. The van der Waals surface area contributed by atoms with Gasteiger partial charge in [0.1, 0.15) is 11.6 Å². The van der Waals surface area contributed by atoms with E-state index in [4.69, 9.17) is 9.47 Å². The van der Waals surface area contributed by atoms with Gasteiger partial charge in [0.25, 0.3) is 0 Å². The van der Waals surface area contributed by atoms with Crippen LogP contribution < -0.4 is 9.47 Å². The third kappa shape index (κ3) is 3.24. The highest BCUT2D eigenvalue weighted by Gasteiger charge is 2.14. The Morgan fingerprint density at radius 2 is 2.00 bits per heavy atom. The van der Waals surface area contributed by atoms with E-state index in [1.165, 1.54) is 26.4 Å². The predicted octanol–water partition coefficient (Wildman–Crippen LogP) is 2.51. The lowest BCUT2D eigenvalue weighted by molar-refractivity contribution is 0.173. The standard InChI is InChI=1S/C15H16FNO3/c1-19-11-4-5-12(13(16)8-11)14(18)7-10-3-6-15(20-2)17-9-10/h3-6,8-9,14,18H,7H2,1-2H3. The summed E-state index contributed by atoms with van der Waals surface area (Å²) in [4.78, 5) is 4.05. The lowest BCUT2D eigenvalue weighted by Gasteiger charge is -2.13. The number of halogens is 1. The Labute approximate surface area is 116 Å². The molecule has 0 bridgehead atoms. The van der Waals surface area contributed by atoms with E-state index >= 15 is 0 Å². The van der Waals surface area contributed by atoms with Gasteiger partial charge in [-0.1, -0.05) is 6.07 Å². The number of pyridine rings is 1. The van der Waals surface area contributed by atoms with Gasteiger partial charge >= 0.3 is 0 Å². The molecule has 1 N–H and O–H groups in total. The number of ether oxygens (including phenoxy) is 2. The molecule has 0 fully saturated rings. The second-order valence-electron chi connectivity index (χ2n) is 4.32. The van der Waals surface area contributed by atoms with E-state index in [-0.39, 0.29) is 12.0 Å². The minimum Gasteiger partial charge on any atom is -0.497 e. The summed E-state index contributed by atoms with van der Waals surface area (Å²) in [6.45, 7) is 0. The Morgan fingerprint density at radius 3 is 2.55 bits per heavy atom. The van der Waals surface area contributed by atoms with Crippen LogP contribution in [0.2, 0.25) is 0 Å². The Morgan fingerprint density at radius 1 is 1.20 bits per heavy atom. The Kier molecular flexibility index (Phi) is 4.53. The highest BCUT2D eigenvalue weighted by Crippen LogP contribution is 2.24. The van der Waals surface area contributed by atoms with Crippen molar-refractivity contribution in [2.24, 2.45) is 0 Å². The zero-order chi connectivity index (χ0) is 14.5. The quantitative estimate of drug-likeness (QED) is 0.912. The van der Waals surface area contributed by atoms with Crippen molar-refractivity contribution >= 4 is 0 Å². The number of hydrogen-bond acceptors (Lipinski definition) is 4. The molecule has 20 heavy (non-hydrogen) atoms. The van der Waals surface area contributed by atoms with Gasteiger partial charge < -0.3 is 14.6 Å². The molecule has 1 aromatic heterocycles. The predicted molar refractivity (Wildman–Crippen MR) is 72.4 cm³/mol. The first-order valence-corrected chi connectivity index (χ1v) is 6.14. The van der Waals surface area contributed by atoms with Gasteiger partial charge in [-0.05, 0) is 17.7 Å². The van der Waals surface area contributed by atoms with Crippen molar-refractivity contribution in [1.29, 1.82) is 0 Å². The van der Waals surface area contributed by atoms with Gasteiger partial charge in [0, 0.05) is 30.3 Å². The largest absolute Gasteiger partial charge is 0.497 e. The van der Waals surface area contributed by atoms with E-state index in [0.717, 1.165) is 5.56 Å². The van der Waals surface area contributed by atoms with Crippen LogP contribution in [0, 0.1) is 5.82 Å². The van der Waals surface area contributed by atoms with Crippen LogP contribution in [-0.2, 0) is 6.42 Å². The molecule has 0 aliphatic carbocycles. The summed E-state index contributed by atoms with van der Waals surface area (Å²) in [6.07, 6.45) is 0.945. The van der Waals surface area contributed by atoms with Crippen molar-refractivity contribution in [2.45, 2.75) is 12.5 Å². The van der Waals surface area contributed by atoms with Crippen LogP contribution >= 0.6 is 0 Å². The molecule has 0 aliphatic heterocycles. The summed E-state index contributed by atoms with van der Waals surface area (Å²) < 4.78 is 23.7. The second-order valence-corrected chi connectivity index (χ2v) is 4.32. The summed E-state index contributed by atoms with van der Waals surface area (Å²) >= 11 is 0. The average molecular weight is 277 g/mol. The average Bonchev–Trinajstić information content (AvgIpc) is 2.47. The number of aromatic nitrogens is 1. The highest BCUT2D eigenvalue weighted by molar-refractivity contribution is 5.31. The fourth-order valence-corrected chi connectivity index (χ4v) is 1.89. The second kappa shape index (κ2) is 6.34. The van der Waals surface area contributed by atoms with E-state index in [9.17, 15) is 9.50 Å². The number of aliphatic hydroxyl groups excluding tert-OH is 1. The first-order chi connectivity index (χ1) is 9.63. The van der Waals surface area contributed by atoms with E-state index in [1.54, 1.807) is 24.4 Å². The van der Waals surface area contributed by atoms with Crippen LogP contribution in [0.15, 0.2) is 36.5 Å². The Balaban J connectivity index is 2.12. The lowest BCUT2D eigenvalue weighted by Crippen LogP contribution is -2.05. The summed E-state index contributed by atoms with van der Waals surface area (Å²) in [5.41, 5.74) is 1.04. The molecule has 2 aromatic rings. The Hall–Kier alpha value is -2.14. The van der Waals surface area contributed by atoms with Crippen molar-refractivity contribution in [3.63, 3.8) is 0 Å². The topological polar surface area (TPSA) is 51.6 Å². The van der Waals surface area contributed by atoms with Crippen molar-refractivity contribution in [2.75, 3.05) is 14.2 Å². The molecule has 1 unspecified atom stereocenters. The van der Waals surface area contributed by atoms with E-state index < -0.39 is 11.9 Å². The molecule has 0 spiro atoms. The minimum atomic E-state index is -0.934. The normalized spacial score (nSPS) is 12.0. The molecule has 1 atom stereocenters. The fourth-order valence-electron chi connectivity index (χ4n) is 1.89. The molecule has 1 aromatic carbocycles. The fraction of sp³-hybridized carbons (Fsp3) is 0.267. The molecular weight excluding hydrogens is 261 g/mol. The van der Waals surface area contributed by atoms with Gasteiger partial charge in [0.15, 0.2) is 0 Å². The van der Waals surface area contributed by atoms with Gasteiger partial charge in [-0.2, -0.15) is 0 Å². The van der Waals surface area contributed by atoms with Gasteiger partial charge in [0.05, 0.1) is 20.3 Å². The zero-order valence-electron chi connectivity index (χ0n) is 11.3. The number of aliphatic hydroxyl groups is 1. The molecule has 5 heteroatoms. The third-order valence-electron chi connectivity index (χ3n) is 3.00. The van der Waals surface area contributed by atoms with E-state index in [2.05, 4.69) is 4.98 Å². The van der Waals surface area contributed by atoms with Crippen molar-refractivity contribution in [3.8, 4) is 11.6 Å². The van der Waals surface area contributed by atoms with Crippen LogP contribution in [-0.4, -0.2) is 24.3 Å². The molecule has 0 saturated carbocycles. The lowest BCUT2D eigenvalue weighted by atomic mass is 10.0. The third-order valence-corrected chi connectivity index (χ3v) is 3.00. The van der Waals surface area contributed by atoms with Crippen molar-refractivity contribution in [3.05, 3.63) is 53.5 Å². The van der Waals surface area contributed by atoms with Crippen molar-refractivity contribution < 1.29 is 19.0 Å². The van der Waals surface area contributed by atoms with Gasteiger partial charge in [0.2, 0.25) is 5.88 Å². The SMILES string of the molecule is COc1ccc(C(O)Cc2ccc(OC)nc2)c(F)c1. The van der Waals surface area contributed by atoms with Crippen LogP contribution in [0.4, 0.5) is 4.39 Å². The molecule has 0 aliphatic rings. The molecule has 0 saturated heterocycles. The molecular formula is C15H16FNO3. The summed E-state index contributed by atoms with van der Waals surface area (Å²) in [5.74, 6) is 0.432. The molecule has 2 rings (SSSR count). The number of nitrogens with zero attached hydrogens (tertiary/aromatic N) is 1. The molecule has 106 valence electrons. The minimum absolute atomic E-state index is 0.238. The maximum absolute atomic E-state index is 13.8. The summed E-state index contributed by atoms with van der Waals surface area (Å²) in [5, 5.41) is 10.1. The van der Waals surface area contributed by atoms with Gasteiger partial charge in [-0.25, -0.2) is 9.37 Å². The molecule has 1 heterocycles. The maximum Gasteiger partial charge on any atom is 0.212 e. The smallest absolute Gasteiger partial charge is 0.212 e. The number of benzene rings is 1. The van der Waals surface area contributed by atoms with Gasteiger partial charge in [-0.3, -0.25) is 0 Å². The highest BCUT2D eigenvalue weighted by atomic mass is 19.1.